The quantitative estimate of drug-likeness (QED) is 0.461. The van der Waals surface area contributed by atoms with Crippen LogP contribution in [-0.4, -0.2) is 16.7 Å². The molecule has 1 aromatic heterocycles. The molecule has 3 aromatic carbocycles. The maximum atomic E-state index is 13.1. The number of fused-ring (bicyclic) bond motifs is 1. The van der Waals surface area contributed by atoms with E-state index < -0.39 is 5.97 Å². The van der Waals surface area contributed by atoms with E-state index in [4.69, 9.17) is 16.3 Å². The van der Waals surface area contributed by atoms with Crippen LogP contribution in [0.4, 0.5) is 0 Å². The molecule has 0 unspecified atom stereocenters. The molecule has 150 valence electrons. The van der Waals surface area contributed by atoms with Crippen molar-refractivity contribution in [3.63, 3.8) is 0 Å². The standard InChI is InChI=1S/C24H18ClNO4/c25-17-8-11-19-20(13-22(27)28)23(26-21(19)12-17)24(29)16-6-9-18(10-7-16)30-14-15-4-2-1-3-5-15/h1-12,26H,13-14H2,(H,27,28)/p-1. The number of aliphatic carboxylic acids is 1. The van der Waals surface area contributed by atoms with Crippen LogP contribution in [0.2, 0.25) is 5.02 Å². The van der Waals surface area contributed by atoms with E-state index >= 15 is 0 Å². The van der Waals surface area contributed by atoms with Gasteiger partial charge in [-0.15, -0.1) is 0 Å². The average Bonchev–Trinajstić information content (AvgIpc) is 3.09. The van der Waals surface area contributed by atoms with Gasteiger partial charge in [0.15, 0.2) is 0 Å². The summed E-state index contributed by atoms with van der Waals surface area (Å²) in [5.74, 6) is -0.938. The van der Waals surface area contributed by atoms with Gasteiger partial charge in [0.2, 0.25) is 5.78 Å². The molecule has 0 aliphatic carbocycles. The van der Waals surface area contributed by atoms with E-state index in [2.05, 4.69) is 4.98 Å². The van der Waals surface area contributed by atoms with Crippen molar-refractivity contribution in [2.24, 2.45) is 0 Å². The number of nitrogens with one attached hydrogen (secondary N) is 1. The van der Waals surface area contributed by atoms with Gasteiger partial charge in [0.05, 0.1) is 5.69 Å². The fourth-order valence-corrected chi connectivity index (χ4v) is 3.51. The van der Waals surface area contributed by atoms with Gasteiger partial charge >= 0.3 is 0 Å². The first kappa shape index (κ1) is 19.7. The summed E-state index contributed by atoms with van der Waals surface area (Å²) in [5.41, 5.74) is 2.66. The van der Waals surface area contributed by atoms with E-state index in [1.807, 2.05) is 30.3 Å². The average molecular weight is 419 g/mol. The third kappa shape index (κ3) is 4.21. The molecule has 30 heavy (non-hydrogen) atoms. The second-order valence-corrected chi connectivity index (χ2v) is 7.28. The Kier molecular flexibility index (Phi) is 5.55. The summed E-state index contributed by atoms with van der Waals surface area (Å²) < 4.78 is 5.75. The molecule has 1 heterocycles. The number of carboxylic acid groups (broad SMARTS) is 1. The Morgan fingerprint density at radius 1 is 0.967 bits per heavy atom. The summed E-state index contributed by atoms with van der Waals surface area (Å²) in [6.45, 7) is 0.423. The molecule has 0 fully saturated rings. The highest BCUT2D eigenvalue weighted by atomic mass is 35.5. The molecule has 0 saturated carbocycles. The molecule has 0 spiro atoms. The first-order chi connectivity index (χ1) is 14.5. The maximum Gasteiger partial charge on any atom is 0.209 e. The molecular formula is C24H17ClNO4-. The SMILES string of the molecule is O=C([O-])Cc1c(C(=O)c2ccc(OCc3ccccc3)cc2)[nH]c2cc(Cl)ccc12. The zero-order valence-electron chi connectivity index (χ0n) is 15.9. The number of ether oxygens (including phenoxy) is 1. The smallest absolute Gasteiger partial charge is 0.209 e. The lowest BCUT2D eigenvalue weighted by atomic mass is 10.0. The first-order valence-corrected chi connectivity index (χ1v) is 9.70. The minimum absolute atomic E-state index is 0.217. The number of benzene rings is 3. The lowest BCUT2D eigenvalue weighted by Gasteiger charge is -2.08. The molecule has 6 heteroatoms. The van der Waals surface area contributed by atoms with Crippen molar-refractivity contribution < 1.29 is 19.4 Å². The number of carbonyl (C=O) groups is 2. The second kappa shape index (κ2) is 8.43. The highest BCUT2D eigenvalue weighted by Crippen LogP contribution is 2.28. The van der Waals surface area contributed by atoms with Gasteiger partial charge in [0.25, 0.3) is 0 Å². The Morgan fingerprint density at radius 2 is 1.70 bits per heavy atom. The Morgan fingerprint density at radius 3 is 2.40 bits per heavy atom. The zero-order valence-corrected chi connectivity index (χ0v) is 16.6. The van der Waals surface area contributed by atoms with Crippen LogP contribution in [0.1, 0.15) is 27.2 Å². The van der Waals surface area contributed by atoms with Crippen LogP contribution in [0.3, 0.4) is 0 Å². The fraction of sp³-hybridized carbons (Fsp3) is 0.0833. The Labute approximate surface area is 177 Å². The number of rotatable bonds is 7. The summed E-state index contributed by atoms with van der Waals surface area (Å²) in [6.07, 6.45) is -0.374. The number of H-pyrrole nitrogens is 1. The molecular weight excluding hydrogens is 402 g/mol. The maximum absolute atomic E-state index is 13.1. The molecule has 4 aromatic rings. The van der Waals surface area contributed by atoms with Crippen molar-refractivity contribution in [3.05, 3.63) is 100 Å². The Bertz CT molecular complexity index is 1210. The normalized spacial score (nSPS) is 10.8. The molecule has 1 N–H and O–H groups in total. The molecule has 5 nitrogen and oxygen atoms in total. The predicted molar refractivity (Wildman–Crippen MR) is 113 cm³/mol. The third-order valence-corrected chi connectivity index (χ3v) is 5.02. The molecule has 4 rings (SSSR count). The second-order valence-electron chi connectivity index (χ2n) is 6.85. The molecule has 0 bridgehead atoms. The number of carboxylic acids is 1. The minimum atomic E-state index is -1.26. The van der Waals surface area contributed by atoms with Gasteiger partial charge in [-0.2, -0.15) is 0 Å². The lowest BCUT2D eigenvalue weighted by Crippen LogP contribution is -2.25. The van der Waals surface area contributed by atoms with Crippen LogP contribution >= 0.6 is 11.6 Å². The van der Waals surface area contributed by atoms with E-state index in [-0.39, 0.29) is 17.9 Å². The van der Waals surface area contributed by atoms with Gasteiger partial charge in [-0.05, 0) is 47.5 Å². The highest BCUT2D eigenvalue weighted by Gasteiger charge is 2.19. The Balaban J connectivity index is 1.59. The van der Waals surface area contributed by atoms with Crippen LogP contribution in [0.25, 0.3) is 10.9 Å². The van der Waals surface area contributed by atoms with Crippen LogP contribution in [-0.2, 0) is 17.8 Å². The summed E-state index contributed by atoms with van der Waals surface area (Å²) >= 11 is 6.03. The van der Waals surface area contributed by atoms with Gasteiger partial charge in [0, 0.05) is 33.9 Å². The Hall–Kier alpha value is -3.57. The van der Waals surface area contributed by atoms with Crippen LogP contribution in [0.5, 0.6) is 5.75 Å². The summed E-state index contributed by atoms with van der Waals surface area (Å²) in [7, 11) is 0. The number of ketones is 1. The number of carbonyl (C=O) groups excluding carboxylic acids is 2. The van der Waals surface area contributed by atoms with Crippen molar-refractivity contribution in [1.82, 2.24) is 4.98 Å². The summed E-state index contributed by atoms with van der Waals surface area (Å²) in [5, 5.41) is 12.4. The lowest BCUT2D eigenvalue weighted by molar-refractivity contribution is -0.304. The van der Waals surface area contributed by atoms with Gasteiger partial charge in [0.1, 0.15) is 12.4 Å². The fourth-order valence-electron chi connectivity index (χ4n) is 3.34. The molecule has 0 aliphatic rings. The van der Waals surface area contributed by atoms with Crippen LogP contribution in [0.15, 0.2) is 72.8 Å². The van der Waals surface area contributed by atoms with Gasteiger partial charge < -0.3 is 19.6 Å². The minimum Gasteiger partial charge on any atom is -0.550 e. The summed E-state index contributed by atoms with van der Waals surface area (Å²) in [4.78, 5) is 27.3. The highest BCUT2D eigenvalue weighted by molar-refractivity contribution is 6.31. The van der Waals surface area contributed by atoms with Crippen molar-refractivity contribution >= 4 is 34.3 Å². The third-order valence-electron chi connectivity index (χ3n) is 4.78. The molecule has 0 aliphatic heterocycles. The monoisotopic (exact) mass is 418 g/mol. The van der Waals surface area contributed by atoms with Gasteiger partial charge in [-0.25, -0.2) is 0 Å². The van der Waals surface area contributed by atoms with E-state index in [1.165, 1.54) is 0 Å². The van der Waals surface area contributed by atoms with Crippen molar-refractivity contribution in [2.45, 2.75) is 13.0 Å². The van der Waals surface area contributed by atoms with E-state index in [0.717, 1.165) is 5.56 Å². The number of aromatic nitrogens is 1. The van der Waals surface area contributed by atoms with Gasteiger partial charge in [-0.3, -0.25) is 4.79 Å². The largest absolute Gasteiger partial charge is 0.550 e. The van der Waals surface area contributed by atoms with E-state index in [9.17, 15) is 14.7 Å². The zero-order chi connectivity index (χ0) is 21.1. The molecule has 0 atom stereocenters. The van der Waals surface area contributed by atoms with E-state index in [0.29, 0.717) is 39.4 Å². The molecule has 0 amide bonds. The number of halogens is 1. The molecule has 0 radical (unpaired) electrons. The first-order valence-electron chi connectivity index (χ1n) is 9.32. The van der Waals surface area contributed by atoms with Crippen molar-refractivity contribution in [3.8, 4) is 5.75 Å². The molecule has 0 saturated heterocycles. The van der Waals surface area contributed by atoms with Crippen LogP contribution < -0.4 is 9.84 Å². The van der Waals surface area contributed by atoms with E-state index in [1.54, 1.807) is 42.5 Å². The topological polar surface area (TPSA) is 82.2 Å². The van der Waals surface area contributed by atoms with Crippen molar-refractivity contribution in [2.75, 3.05) is 0 Å². The van der Waals surface area contributed by atoms with Crippen molar-refractivity contribution in [1.29, 1.82) is 0 Å². The van der Waals surface area contributed by atoms with Crippen LogP contribution in [0, 0.1) is 0 Å². The van der Waals surface area contributed by atoms with Gasteiger partial charge in [-0.1, -0.05) is 48.0 Å². The number of hydrogen-bond acceptors (Lipinski definition) is 4. The number of aromatic amines is 1. The summed E-state index contributed by atoms with van der Waals surface area (Å²) in [6, 6.07) is 21.5. The number of hydrogen-bond donors (Lipinski definition) is 1. The predicted octanol–water partition coefficient (Wildman–Crippen LogP) is 3.92.